The molecule has 1 atom stereocenters. The van der Waals surface area contributed by atoms with E-state index in [4.69, 9.17) is 4.98 Å². The minimum absolute atomic E-state index is 0.0122. The molecule has 1 saturated heterocycles. The van der Waals surface area contributed by atoms with Gasteiger partial charge in [0.15, 0.2) is 0 Å². The van der Waals surface area contributed by atoms with E-state index in [1.807, 2.05) is 36.1 Å². The molecule has 6 nitrogen and oxygen atoms in total. The van der Waals surface area contributed by atoms with E-state index < -0.39 is 0 Å². The highest BCUT2D eigenvalue weighted by Gasteiger charge is 2.33. The standard InChI is InChI=1S/C26H34N4O2/c1-18-8-7-9-19(16-18)26(32)30-14-6-5-12-23(30)24-27-22-17-29(20-10-3-2-4-11-20)15-13-21(22)25(31)28-24/h7-9,16,20,23H,2-6,10-15,17H2,1H3,(H,27,28,31). The molecule has 170 valence electrons. The Morgan fingerprint density at radius 1 is 1.06 bits per heavy atom. The number of benzene rings is 1. The van der Waals surface area contributed by atoms with E-state index in [1.54, 1.807) is 0 Å². The van der Waals surface area contributed by atoms with Crippen LogP contribution in [0.2, 0.25) is 0 Å². The zero-order valence-electron chi connectivity index (χ0n) is 19.1. The quantitative estimate of drug-likeness (QED) is 0.788. The van der Waals surface area contributed by atoms with Crippen LogP contribution in [0, 0.1) is 6.92 Å². The lowest BCUT2D eigenvalue weighted by Gasteiger charge is -2.38. The number of H-pyrrole nitrogens is 1. The molecule has 1 aliphatic carbocycles. The van der Waals surface area contributed by atoms with E-state index in [-0.39, 0.29) is 17.5 Å². The molecule has 5 rings (SSSR count). The van der Waals surface area contributed by atoms with Crippen LogP contribution in [0.3, 0.4) is 0 Å². The smallest absolute Gasteiger partial charge is 0.254 e. The Morgan fingerprint density at radius 3 is 2.69 bits per heavy atom. The van der Waals surface area contributed by atoms with Crippen molar-refractivity contribution in [2.24, 2.45) is 0 Å². The molecule has 3 heterocycles. The van der Waals surface area contributed by atoms with Crippen molar-refractivity contribution in [1.29, 1.82) is 0 Å². The zero-order valence-corrected chi connectivity index (χ0v) is 19.1. The van der Waals surface area contributed by atoms with Crippen molar-refractivity contribution in [3.8, 4) is 0 Å². The minimum Gasteiger partial charge on any atom is -0.328 e. The molecule has 0 bridgehead atoms. The Morgan fingerprint density at radius 2 is 1.88 bits per heavy atom. The number of rotatable bonds is 3. The van der Waals surface area contributed by atoms with Crippen LogP contribution in [0.1, 0.15) is 90.4 Å². The van der Waals surface area contributed by atoms with E-state index in [9.17, 15) is 9.59 Å². The Balaban J connectivity index is 1.42. The number of likely N-dealkylation sites (tertiary alicyclic amines) is 1. The van der Waals surface area contributed by atoms with E-state index >= 15 is 0 Å². The van der Waals surface area contributed by atoms with Gasteiger partial charge < -0.3 is 9.88 Å². The maximum atomic E-state index is 13.4. The molecule has 1 aromatic heterocycles. The lowest BCUT2D eigenvalue weighted by molar-refractivity contribution is 0.0598. The number of amides is 1. The first-order chi connectivity index (χ1) is 15.6. The number of aromatic nitrogens is 2. The number of nitrogens with zero attached hydrogens (tertiary/aromatic N) is 3. The molecule has 1 amide bonds. The number of nitrogens with one attached hydrogen (secondary N) is 1. The number of aryl methyl sites for hydroxylation is 1. The van der Waals surface area contributed by atoms with Crippen molar-refractivity contribution >= 4 is 5.91 Å². The number of hydrogen-bond acceptors (Lipinski definition) is 4. The van der Waals surface area contributed by atoms with Crippen molar-refractivity contribution in [2.45, 2.75) is 83.3 Å². The van der Waals surface area contributed by atoms with Crippen molar-refractivity contribution in [2.75, 3.05) is 13.1 Å². The number of hydrogen-bond donors (Lipinski definition) is 1. The number of carbonyl (C=O) groups excluding carboxylic acids is 1. The van der Waals surface area contributed by atoms with Crippen LogP contribution in [0.15, 0.2) is 29.1 Å². The lowest BCUT2D eigenvalue weighted by atomic mass is 9.92. The molecule has 32 heavy (non-hydrogen) atoms. The summed E-state index contributed by atoms with van der Waals surface area (Å²) < 4.78 is 0. The molecular formula is C26H34N4O2. The zero-order chi connectivity index (χ0) is 22.1. The predicted octanol–water partition coefficient (Wildman–Crippen LogP) is 4.14. The summed E-state index contributed by atoms with van der Waals surface area (Å²) in [7, 11) is 0. The molecule has 0 spiro atoms. The van der Waals surface area contributed by atoms with Crippen molar-refractivity contribution in [3.05, 3.63) is 62.8 Å². The molecule has 1 saturated carbocycles. The Bertz CT molecular complexity index is 1040. The second-order valence-corrected chi connectivity index (χ2v) is 9.77. The van der Waals surface area contributed by atoms with Crippen LogP contribution in [-0.2, 0) is 13.0 Å². The highest BCUT2D eigenvalue weighted by atomic mass is 16.2. The van der Waals surface area contributed by atoms with E-state index in [0.717, 1.165) is 55.6 Å². The first kappa shape index (κ1) is 21.4. The first-order valence-electron chi connectivity index (χ1n) is 12.3. The third-order valence-corrected chi connectivity index (χ3v) is 7.56. The summed E-state index contributed by atoms with van der Waals surface area (Å²) >= 11 is 0. The van der Waals surface area contributed by atoms with Gasteiger partial charge in [0.2, 0.25) is 0 Å². The monoisotopic (exact) mass is 434 g/mol. The van der Waals surface area contributed by atoms with Gasteiger partial charge in [0.25, 0.3) is 11.5 Å². The van der Waals surface area contributed by atoms with E-state index in [1.165, 1.54) is 32.1 Å². The van der Waals surface area contributed by atoms with Crippen molar-refractivity contribution in [3.63, 3.8) is 0 Å². The van der Waals surface area contributed by atoms with Gasteiger partial charge in [-0.15, -0.1) is 0 Å². The molecule has 6 heteroatoms. The molecule has 2 aliphatic heterocycles. The number of fused-ring (bicyclic) bond motifs is 1. The maximum Gasteiger partial charge on any atom is 0.254 e. The minimum atomic E-state index is -0.167. The Kier molecular flexibility index (Phi) is 6.13. The van der Waals surface area contributed by atoms with Gasteiger partial charge in [-0.25, -0.2) is 4.98 Å². The molecule has 1 N–H and O–H groups in total. The fraction of sp³-hybridized carbons (Fsp3) is 0.577. The largest absolute Gasteiger partial charge is 0.328 e. The number of piperidine rings is 1. The first-order valence-corrected chi connectivity index (χ1v) is 12.3. The van der Waals surface area contributed by atoms with Gasteiger partial charge in [-0.3, -0.25) is 14.5 Å². The van der Waals surface area contributed by atoms with Gasteiger partial charge >= 0.3 is 0 Å². The third kappa shape index (κ3) is 4.25. The van der Waals surface area contributed by atoms with Crippen LogP contribution in [0.4, 0.5) is 0 Å². The maximum absolute atomic E-state index is 13.4. The summed E-state index contributed by atoms with van der Waals surface area (Å²) in [4.78, 5) is 38.9. The highest BCUT2D eigenvalue weighted by molar-refractivity contribution is 5.94. The molecule has 1 unspecified atom stereocenters. The summed E-state index contributed by atoms with van der Waals surface area (Å²) in [5, 5.41) is 0. The molecular weight excluding hydrogens is 400 g/mol. The third-order valence-electron chi connectivity index (χ3n) is 7.56. The average Bonchev–Trinajstić information content (AvgIpc) is 2.84. The van der Waals surface area contributed by atoms with Crippen LogP contribution in [0.25, 0.3) is 0 Å². The van der Waals surface area contributed by atoms with Crippen molar-refractivity contribution < 1.29 is 4.79 Å². The molecule has 3 aliphatic rings. The topological polar surface area (TPSA) is 69.3 Å². The van der Waals surface area contributed by atoms with Crippen LogP contribution < -0.4 is 5.56 Å². The van der Waals surface area contributed by atoms with E-state index in [0.29, 0.717) is 24.0 Å². The summed E-state index contributed by atoms with van der Waals surface area (Å²) in [6, 6.07) is 8.21. The van der Waals surface area contributed by atoms with Gasteiger partial charge in [0.1, 0.15) is 5.82 Å². The Labute approximate surface area is 190 Å². The SMILES string of the molecule is Cc1cccc(C(=O)N2CCCCC2c2nc3c(c(=O)[nH]2)CCN(C2CCCCC2)C3)c1. The summed E-state index contributed by atoms with van der Waals surface area (Å²) in [5.74, 6) is 0.697. The normalized spacial score (nSPS) is 22.5. The molecule has 2 fully saturated rings. The van der Waals surface area contributed by atoms with Crippen LogP contribution in [-0.4, -0.2) is 44.8 Å². The van der Waals surface area contributed by atoms with Crippen LogP contribution in [0.5, 0.6) is 0 Å². The fourth-order valence-corrected chi connectivity index (χ4v) is 5.80. The highest BCUT2D eigenvalue weighted by Crippen LogP contribution is 2.32. The van der Waals surface area contributed by atoms with Crippen molar-refractivity contribution in [1.82, 2.24) is 19.8 Å². The van der Waals surface area contributed by atoms with Gasteiger partial charge in [-0.2, -0.15) is 0 Å². The van der Waals surface area contributed by atoms with Gasteiger partial charge in [0, 0.05) is 36.8 Å². The summed E-state index contributed by atoms with van der Waals surface area (Å²) in [6.07, 6.45) is 10.1. The van der Waals surface area contributed by atoms with E-state index in [2.05, 4.69) is 9.88 Å². The summed E-state index contributed by atoms with van der Waals surface area (Å²) in [6.45, 7) is 4.41. The molecule has 0 radical (unpaired) electrons. The average molecular weight is 435 g/mol. The number of aromatic amines is 1. The van der Waals surface area contributed by atoms with Crippen LogP contribution >= 0.6 is 0 Å². The van der Waals surface area contributed by atoms with Gasteiger partial charge in [-0.1, -0.05) is 37.0 Å². The summed E-state index contributed by atoms with van der Waals surface area (Å²) in [5.41, 5.74) is 3.54. The second-order valence-electron chi connectivity index (χ2n) is 9.77. The molecule has 1 aromatic carbocycles. The lowest BCUT2D eigenvalue weighted by Crippen LogP contribution is -2.44. The number of carbonyl (C=O) groups is 1. The van der Waals surface area contributed by atoms with Gasteiger partial charge in [0.05, 0.1) is 11.7 Å². The fourth-order valence-electron chi connectivity index (χ4n) is 5.80. The second kappa shape index (κ2) is 9.18. The Hall–Kier alpha value is -2.47. The predicted molar refractivity (Wildman–Crippen MR) is 125 cm³/mol. The van der Waals surface area contributed by atoms with Gasteiger partial charge in [-0.05, 0) is 57.6 Å². The molecule has 2 aromatic rings.